The van der Waals surface area contributed by atoms with Crippen molar-refractivity contribution in [2.75, 3.05) is 18.8 Å². The Morgan fingerprint density at radius 2 is 2.00 bits per heavy atom. The van der Waals surface area contributed by atoms with E-state index in [0.717, 1.165) is 23.3 Å². The Balaban J connectivity index is 1.92. The van der Waals surface area contributed by atoms with Crippen molar-refractivity contribution in [1.82, 2.24) is 10.2 Å². The van der Waals surface area contributed by atoms with E-state index < -0.39 is 0 Å². The molecule has 3 unspecified atom stereocenters. The van der Waals surface area contributed by atoms with E-state index in [4.69, 9.17) is 0 Å². The highest BCUT2D eigenvalue weighted by molar-refractivity contribution is 8.00. The van der Waals surface area contributed by atoms with Gasteiger partial charge in [-0.25, -0.2) is 0 Å². The molecule has 1 aliphatic carbocycles. The predicted octanol–water partition coefficient (Wildman–Crippen LogP) is 2.59. The highest BCUT2D eigenvalue weighted by Gasteiger charge is 2.33. The molecule has 1 saturated carbocycles. The lowest BCUT2D eigenvalue weighted by molar-refractivity contribution is 0.111. The molecule has 1 saturated heterocycles. The Kier molecular flexibility index (Phi) is 4.79. The van der Waals surface area contributed by atoms with Gasteiger partial charge in [0.25, 0.3) is 0 Å². The lowest BCUT2D eigenvalue weighted by Crippen LogP contribution is -2.55. The minimum Gasteiger partial charge on any atom is -0.312 e. The van der Waals surface area contributed by atoms with E-state index in [2.05, 4.69) is 49.7 Å². The van der Waals surface area contributed by atoms with Gasteiger partial charge in [-0.05, 0) is 25.7 Å². The monoisotopic (exact) mass is 256 g/mol. The Labute approximate surface area is 111 Å². The summed E-state index contributed by atoms with van der Waals surface area (Å²) in [5.41, 5.74) is 0. The van der Waals surface area contributed by atoms with Gasteiger partial charge in [-0.1, -0.05) is 20.8 Å². The summed E-state index contributed by atoms with van der Waals surface area (Å²) < 4.78 is 0. The lowest BCUT2D eigenvalue weighted by atomic mass is 9.99. The first-order valence-electron chi connectivity index (χ1n) is 7.20. The molecular weight excluding hydrogens is 228 g/mol. The molecule has 0 spiro atoms. The summed E-state index contributed by atoms with van der Waals surface area (Å²) in [6, 6.07) is 2.28. The van der Waals surface area contributed by atoms with E-state index in [-0.39, 0.29) is 0 Å². The molecule has 1 aliphatic heterocycles. The molecule has 0 amide bonds. The molecule has 100 valence electrons. The van der Waals surface area contributed by atoms with Crippen molar-refractivity contribution < 1.29 is 0 Å². The fourth-order valence-corrected chi connectivity index (χ4v) is 3.86. The first-order chi connectivity index (χ1) is 8.09. The van der Waals surface area contributed by atoms with Crippen molar-refractivity contribution >= 4 is 11.8 Å². The lowest BCUT2D eigenvalue weighted by Gasteiger charge is -2.44. The number of nitrogens with one attached hydrogen (secondary N) is 1. The minimum absolute atomic E-state index is 0.717. The predicted molar refractivity (Wildman–Crippen MR) is 77.7 cm³/mol. The standard InChI is InChI=1S/C14H28N2S/c1-10(2)14(9-15-13-5-6-13)16-7-8-17-12(4)11(16)3/h10-15H,5-9H2,1-4H3. The van der Waals surface area contributed by atoms with Gasteiger partial charge in [0.15, 0.2) is 0 Å². The van der Waals surface area contributed by atoms with Crippen LogP contribution in [0.3, 0.4) is 0 Å². The first-order valence-corrected chi connectivity index (χ1v) is 8.25. The molecule has 2 fully saturated rings. The van der Waals surface area contributed by atoms with Crippen LogP contribution >= 0.6 is 11.8 Å². The largest absolute Gasteiger partial charge is 0.312 e. The number of nitrogens with zero attached hydrogens (tertiary/aromatic N) is 1. The number of thioether (sulfide) groups is 1. The fraction of sp³-hybridized carbons (Fsp3) is 1.00. The fourth-order valence-electron chi connectivity index (χ4n) is 2.74. The van der Waals surface area contributed by atoms with Gasteiger partial charge < -0.3 is 5.32 Å². The van der Waals surface area contributed by atoms with Crippen molar-refractivity contribution in [3.63, 3.8) is 0 Å². The summed E-state index contributed by atoms with van der Waals surface area (Å²) >= 11 is 2.13. The summed E-state index contributed by atoms with van der Waals surface area (Å²) in [5.74, 6) is 2.05. The van der Waals surface area contributed by atoms with Crippen LogP contribution < -0.4 is 5.32 Å². The second-order valence-corrected chi connectivity index (χ2v) is 7.53. The maximum atomic E-state index is 3.72. The van der Waals surface area contributed by atoms with Gasteiger partial charge in [0.1, 0.15) is 0 Å². The zero-order valence-corrected chi connectivity index (χ0v) is 12.6. The summed E-state index contributed by atoms with van der Waals surface area (Å²) in [6.07, 6.45) is 2.79. The van der Waals surface area contributed by atoms with Crippen molar-refractivity contribution in [3.8, 4) is 0 Å². The van der Waals surface area contributed by atoms with Gasteiger partial charge in [-0.2, -0.15) is 11.8 Å². The van der Waals surface area contributed by atoms with E-state index in [1.165, 1.54) is 31.7 Å². The van der Waals surface area contributed by atoms with E-state index in [0.29, 0.717) is 6.04 Å². The van der Waals surface area contributed by atoms with Crippen molar-refractivity contribution in [2.45, 2.75) is 63.9 Å². The van der Waals surface area contributed by atoms with Crippen LogP contribution in [-0.2, 0) is 0 Å². The highest BCUT2D eigenvalue weighted by atomic mass is 32.2. The molecule has 2 aliphatic rings. The van der Waals surface area contributed by atoms with E-state index >= 15 is 0 Å². The summed E-state index contributed by atoms with van der Waals surface area (Å²) in [5, 5.41) is 4.51. The average Bonchev–Trinajstić information content (AvgIpc) is 3.07. The van der Waals surface area contributed by atoms with Crippen LogP contribution in [0.5, 0.6) is 0 Å². The molecule has 1 N–H and O–H groups in total. The van der Waals surface area contributed by atoms with Crippen molar-refractivity contribution in [1.29, 1.82) is 0 Å². The molecule has 17 heavy (non-hydrogen) atoms. The van der Waals surface area contributed by atoms with Crippen LogP contribution in [0.25, 0.3) is 0 Å². The third kappa shape index (κ3) is 3.62. The molecule has 3 atom stereocenters. The summed E-state index contributed by atoms with van der Waals surface area (Å²) in [6.45, 7) is 12.0. The van der Waals surface area contributed by atoms with E-state index in [1.807, 2.05) is 0 Å². The third-order valence-corrected chi connectivity index (χ3v) is 5.66. The Morgan fingerprint density at radius 3 is 2.59 bits per heavy atom. The zero-order chi connectivity index (χ0) is 12.4. The normalized spacial score (nSPS) is 33.0. The molecule has 0 aromatic carbocycles. The molecular formula is C14H28N2S. The number of hydrogen-bond donors (Lipinski definition) is 1. The van der Waals surface area contributed by atoms with Gasteiger partial charge in [-0.15, -0.1) is 0 Å². The molecule has 0 radical (unpaired) electrons. The van der Waals surface area contributed by atoms with Crippen LogP contribution in [0.15, 0.2) is 0 Å². The van der Waals surface area contributed by atoms with Crippen LogP contribution in [-0.4, -0.2) is 47.1 Å². The van der Waals surface area contributed by atoms with Gasteiger partial charge in [0.05, 0.1) is 0 Å². The molecule has 2 nitrogen and oxygen atoms in total. The minimum atomic E-state index is 0.717. The van der Waals surface area contributed by atoms with Gasteiger partial charge in [-0.3, -0.25) is 4.90 Å². The molecule has 2 rings (SSSR count). The van der Waals surface area contributed by atoms with Gasteiger partial charge in [0, 0.05) is 42.2 Å². The summed E-state index contributed by atoms with van der Waals surface area (Å²) in [4.78, 5) is 2.75. The summed E-state index contributed by atoms with van der Waals surface area (Å²) in [7, 11) is 0. The van der Waals surface area contributed by atoms with Crippen LogP contribution in [0.1, 0.15) is 40.5 Å². The average molecular weight is 256 g/mol. The molecule has 3 heteroatoms. The third-order valence-electron chi connectivity index (χ3n) is 4.32. The molecule has 0 bridgehead atoms. The molecule has 1 heterocycles. The van der Waals surface area contributed by atoms with E-state index in [9.17, 15) is 0 Å². The van der Waals surface area contributed by atoms with Crippen LogP contribution in [0.4, 0.5) is 0 Å². The van der Waals surface area contributed by atoms with Crippen molar-refractivity contribution in [3.05, 3.63) is 0 Å². The second-order valence-electron chi connectivity index (χ2n) is 6.05. The topological polar surface area (TPSA) is 15.3 Å². The number of hydrogen-bond acceptors (Lipinski definition) is 3. The van der Waals surface area contributed by atoms with Crippen LogP contribution in [0, 0.1) is 5.92 Å². The van der Waals surface area contributed by atoms with Crippen LogP contribution in [0.2, 0.25) is 0 Å². The quantitative estimate of drug-likeness (QED) is 0.814. The van der Waals surface area contributed by atoms with Gasteiger partial charge >= 0.3 is 0 Å². The Morgan fingerprint density at radius 1 is 1.29 bits per heavy atom. The number of rotatable bonds is 5. The first kappa shape index (κ1) is 13.7. The van der Waals surface area contributed by atoms with Gasteiger partial charge in [0.2, 0.25) is 0 Å². The Bertz CT molecular complexity index is 240. The zero-order valence-electron chi connectivity index (χ0n) is 11.8. The second kappa shape index (κ2) is 5.94. The maximum absolute atomic E-state index is 3.72. The smallest absolute Gasteiger partial charge is 0.0247 e. The highest BCUT2D eigenvalue weighted by Crippen LogP contribution is 2.28. The molecule has 0 aromatic rings. The molecule has 0 aromatic heterocycles. The SMILES string of the molecule is CC(C)C(CNC1CC1)N1CCSC(C)C1C. The maximum Gasteiger partial charge on any atom is 0.0247 e. The van der Waals surface area contributed by atoms with Crippen molar-refractivity contribution in [2.24, 2.45) is 5.92 Å². The Hall–Kier alpha value is 0.270. The van der Waals surface area contributed by atoms with E-state index in [1.54, 1.807) is 0 Å².